The van der Waals surface area contributed by atoms with Gasteiger partial charge in [0.2, 0.25) is 0 Å². The maximum atomic E-state index is 11.2. The van der Waals surface area contributed by atoms with Crippen LogP contribution in [0.5, 0.6) is 0 Å². The third-order valence-corrected chi connectivity index (χ3v) is 1.94. The summed E-state index contributed by atoms with van der Waals surface area (Å²) in [7, 11) is 0. The highest BCUT2D eigenvalue weighted by Crippen LogP contribution is 2.08. The molecule has 0 fully saturated rings. The van der Waals surface area contributed by atoms with E-state index in [4.69, 9.17) is 4.74 Å². The van der Waals surface area contributed by atoms with E-state index in [2.05, 4.69) is 0 Å². The molecule has 1 rings (SSSR count). The van der Waals surface area contributed by atoms with Crippen molar-refractivity contribution in [2.24, 2.45) is 0 Å². The Balaban J connectivity index is 2.66. The minimum absolute atomic E-state index is 0.0704. The molecule has 0 bridgehead atoms. The first-order chi connectivity index (χ1) is 7.09. The van der Waals surface area contributed by atoms with Gasteiger partial charge in [-0.25, -0.2) is 4.79 Å². The number of aryl methyl sites for hydroxylation is 1. The first kappa shape index (κ1) is 11.5. The SMILES string of the molecule is Cc1ccccc1/C=C/C(=O)OC(C)C. The van der Waals surface area contributed by atoms with E-state index >= 15 is 0 Å². The monoisotopic (exact) mass is 204 g/mol. The highest BCUT2D eigenvalue weighted by Gasteiger charge is 2.00. The van der Waals surface area contributed by atoms with Gasteiger partial charge in [-0.05, 0) is 38.0 Å². The highest BCUT2D eigenvalue weighted by atomic mass is 16.5. The Labute approximate surface area is 90.6 Å². The standard InChI is InChI=1S/C13H16O2/c1-10(2)15-13(14)9-8-12-7-5-4-6-11(12)3/h4-10H,1-3H3/b9-8+. The van der Waals surface area contributed by atoms with Gasteiger partial charge >= 0.3 is 5.97 Å². The predicted octanol–water partition coefficient (Wildman–Crippen LogP) is 2.96. The van der Waals surface area contributed by atoms with Crippen LogP contribution in [0.2, 0.25) is 0 Å². The van der Waals surface area contributed by atoms with E-state index in [1.54, 1.807) is 6.08 Å². The van der Waals surface area contributed by atoms with E-state index in [-0.39, 0.29) is 12.1 Å². The van der Waals surface area contributed by atoms with Crippen molar-refractivity contribution in [3.8, 4) is 0 Å². The lowest BCUT2D eigenvalue weighted by Crippen LogP contribution is -2.08. The topological polar surface area (TPSA) is 26.3 Å². The molecule has 0 heterocycles. The van der Waals surface area contributed by atoms with Crippen molar-refractivity contribution in [2.75, 3.05) is 0 Å². The Bertz CT molecular complexity index is 365. The van der Waals surface area contributed by atoms with Crippen LogP contribution >= 0.6 is 0 Å². The van der Waals surface area contributed by atoms with E-state index in [1.165, 1.54) is 6.08 Å². The van der Waals surface area contributed by atoms with Crippen LogP contribution in [0, 0.1) is 6.92 Å². The maximum absolute atomic E-state index is 11.2. The second-order valence-corrected chi connectivity index (χ2v) is 3.68. The van der Waals surface area contributed by atoms with Crippen LogP contribution in [0.25, 0.3) is 6.08 Å². The summed E-state index contributed by atoms with van der Waals surface area (Å²) in [4.78, 5) is 11.2. The summed E-state index contributed by atoms with van der Waals surface area (Å²) < 4.78 is 4.99. The Morgan fingerprint density at radius 3 is 2.60 bits per heavy atom. The molecular weight excluding hydrogens is 188 g/mol. The van der Waals surface area contributed by atoms with Gasteiger partial charge in [-0.15, -0.1) is 0 Å². The van der Waals surface area contributed by atoms with Crippen LogP contribution in [0.4, 0.5) is 0 Å². The minimum atomic E-state index is -0.298. The molecule has 0 spiro atoms. The van der Waals surface area contributed by atoms with Gasteiger partial charge in [0.15, 0.2) is 0 Å². The molecule has 0 amide bonds. The Hall–Kier alpha value is -1.57. The molecule has 80 valence electrons. The zero-order chi connectivity index (χ0) is 11.3. The Kier molecular flexibility index (Phi) is 4.10. The molecule has 2 heteroatoms. The summed E-state index contributed by atoms with van der Waals surface area (Å²) in [6.07, 6.45) is 3.17. The quantitative estimate of drug-likeness (QED) is 0.559. The zero-order valence-electron chi connectivity index (χ0n) is 9.36. The smallest absolute Gasteiger partial charge is 0.331 e. The van der Waals surface area contributed by atoms with Crippen LogP contribution in [0.1, 0.15) is 25.0 Å². The summed E-state index contributed by atoms with van der Waals surface area (Å²) in [6.45, 7) is 5.67. The normalized spacial score (nSPS) is 10.9. The van der Waals surface area contributed by atoms with Crippen LogP contribution < -0.4 is 0 Å². The number of rotatable bonds is 3. The van der Waals surface area contributed by atoms with Crippen LogP contribution in [-0.4, -0.2) is 12.1 Å². The molecule has 0 saturated carbocycles. The molecule has 0 N–H and O–H groups in total. The Morgan fingerprint density at radius 2 is 2.00 bits per heavy atom. The highest BCUT2D eigenvalue weighted by molar-refractivity contribution is 5.87. The predicted molar refractivity (Wildman–Crippen MR) is 61.4 cm³/mol. The molecular formula is C13H16O2. The third kappa shape index (κ3) is 3.98. The van der Waals surface area contributed by atoms with Gasteiger partial charge in [-0.3, -0.25) is 0 Å². The number of ether oxygens (including phenoxy) is 1. The number of carbonyl (C=O) groups is 1. The molecule has 15 heavy (non-hydrogen) atoms. The van der Waals surface area contributed by atoms with Crippen LogP contribution in [0.15, 0.2) is 30.3 Å². The summed E-state index contributed by atoms with van der Waals surface area (Å²) >= 11 is 0. The molecule has 0 saturated heterocycles. The van der Waals surface area contributed by atoms with Crippen molar-refractivity contribution >= 4 is 12.0 Å². The largest absolute Gasteiger partial charge is 0.460 e. The summed E-state index contributed by atoms with van der Waals surface area (Å²) in [5.41, 5.74) is 2.18. The molecule has 0 unspecified atom stereocenters. The van der Waals surface area contributed by atoms with E-state index < -0.39 is 0 Å². The third-order valence-electron chi connectivity index (χ3n) is 1.94. The summed E-state index contributed by atoms with van der Waals surface area (Å²) in [5.74, 6) is -0.298. The lowest BCUT2D eigenvalue weighted by molar-refractivity contribution is -0.141. The fourth-order valence-electron chi connectivity index (χ4n) is 1.20. The lowest BCUT2D eigenvalue weighted by Gasteiger charge is -2.04. The van der Waals surface area contributed by atoms with Crippen molar-refractivity contribution in [1.29, 1.82) is 0 Å². The van der Waals surface area contributed by atoms with E-state index in [0.717, 1.165) is 11.1 Å². The zero-order valence-corrected chi connectivity index (χ0v) is 9.36. The summed E-state index contributed by atoms with van der Waals surface area (Å²) in [6, 6.07) is 7.89. The molecule has 0 atom stereocenters. The molecule has 0 aliphatic rings. The van der Waals surface area contributed by atoms with Gasteiger partial charge in [0.05, 0.1) is 6.10 Å². The fraction of sp³-hybridized carbons (Fsp3) is 0.308. The molecule has 1 aromatic rings. The second kappa shape index (κ2) is 5.35. The van der Waals surface area contributed by atoms with Gasteiger partial charge in [-0.2, -0.15) is 0 Å². The molecule has 2 nitrogen and oxygen atoms in total. The number of carbonyl (C=O) groups excluding carboxylic acids is 1. The van der Waals surface area contributed by atoms with E-state index in [1.807, 2.05) is 45.0 Å². The number of esters is 1. The number of hydrogen-bond donors (Lipinski definition) is 0. The summed E-state index contributed by atoms with van der Waals surface area (Å²) in [5, 5.41) is 0. The van der Waals surface area contributed by atoms with Crippen molar-refractivity contribution in [3.05, 3.63) is 41.5 Å². The molecule has 0 aromatic heterocycles. The van der Waals surface area contributed by atoms with Gasteiger partial charge in [-0.1, -0.05) is 24.3 Å². The van der Waals surface area contributed by atoms with Crippen LogP contribution in [0.3, 0.4) is 0 Å². The molecule has 0 aliphatic carbocycles. The molecule has 1 aromatic carbocycles. The van der Waals surface area contributed by atoms with Crippen LogP contribution in [-0.2, 0) is 9.53 Å². The van der Waals surface area contributed by atoms with Crippen molar-refractivity contribution in [3.63, 3.8) is 0 Å². The van der Waals surface area contributed by atoms with Gasteiger partial charge in [0.25, 0.3) is 0 Å². The van der Waals surface area contributed by atoms with Crippen molar-refractivity contribution in [2.45, 2.75) is 26.9 Å². The average molecular weight is 204 g/mol. The fourth-order valence-corrected chi connectivity index (χ4v) is 1.20. The van der Waals surface area contributed by atoms with Gasteiger partial charge < -0.3 is 4.74 Å². The van der Waals surface area contributed by atoms with E-state index in [0.29, 0.717) is 0 Å². The van der Waals surface area contributed by atoms with E-state index in [9.17, 15) is 4.79 Å². The first-order valence-corrected chi connectivity index (χ1v) is 5.04. The average Bonchev–Trinajstić information content (AvgIpc) is 2.15. The lowest BCUT2D eigenvalue weighted by atomic mass is 10.1. The molecule has 0 aliphatic heterocycles. The van der Waals surface area contributed by atoms with Gasteiger partial charge in [0.1, 0.15) is 0 Å². The van der Waals surface area contributed by atoms with Crippen molar-refractivity contribution in [1.82, 2.24) is 0 Å². The van der Waals surface area contributed by atoms with Gasteiger partial charge in [0, 0.05) is 6.08 Å². The Morgan fingerprint density at radius 1 is 1.33 bits per heavy atom. The minimum Gasteiger partial charge on any atom is -0.460 e. The second-order valence-electron chi connectivity index (χ2n) is 3.68. The molecule has 0 radical (unpaired) electrons. The van der Waals surface area contributed by atoms with Crippen molar-refractivity contribution < 1.29 is 9.53 Å². The number of benzene rings is 1. The number of hydrogen-bond acceptors (Lipinski definition) is 2. The first-order valence-electron chi connectivity index (χ1n) is 5.04. The maximum Gasteiger partial charge on any atom is 0.331 e.